The summed E-state index contributed by atoms with van der Waals surface area (Å²) in [5.41, 5.74) is 11.2. The van der Waals surface area contributed by atoms with Gasteiger partial charge in [0.1, 0.15) is 0 Å². The lowest BCUT2D eigenvalue weighted by atomic mass is 10.4. The Balaban J connectivity index is 2.11. The number of aromatic nitrogens is 2. The minimum absolute atomic E-state index is 0.0616. The smallest absolute Gasteiger partial charge is 0.199 e. The average Bonchev–Trinajstić information content (AvgIpc) is 2.88. The molecule has 0 unspecified atom stereocenters. The van der Waals surface area contributed by atoms with E-state index in [0.717, 1.165) is 4.88 Å². The molecule has 0 aliphatic rings. The van der Waals surface area contributed by atoms with E-state index >= 15 is 0 Å². The summed E-state index contributed by atoms with van der Waals surface area (Å²) < 4.78 is 4.38. The van der Waals surface area contributed by atoms with Gasteiger partial charge in [0.25, 0.3) is 0 Å². The Morgan fingerprint density at radius 3 is 3.00 bits per heavy atom. The number of nitrogens with zero attached hydrogens (tertiary/aromatic N) is 4. The Hall–Kier alpha value is -2.22. The van der Waals surface area contributed by atoms with Crippen LogP contribution in [-0.2, 0) is 0 Å². The third-order valence-corrected chi connectivity index (χ3v) is 2.46. The van der Waals surface area contributed by atoms with E-state index < -0.39 is 0 Å². The second kappa shape index (κ2) is 4.53. The maximum atomic E-state index is 5.58. The van der Waals surface area contributed by atoms with Crippen molar-refractivity contribution < 1.29 is 4.63 Å². The molecule has 8 heteroatoms. The van der Waals surface area contributed by atoms with Gasteiger partial charge in [0.15, 0.2) is 17.3 Å². The molecule has 0 atom stereocenters. The predicted molar refractivity (Wildman–Crippen MR) is 61.3 cm³/mol. The summed E-state index contributed by atoms with van der Waals surface area (Å²) in [6.45, 7) is 0. The van der Waals surface area contributed by atoms with Gasteiger partial charge < -0.3 is 11.5 Å². The highest BCUT2D eigenvalue weighted by Crippen LogP contribution is 2.05. The second-order valence-electron chi connectivity index (χ2n) is 2.74. The topological polar surface area (TPSA) is 116 Å². The highest BCUT2D eigenvalue weighted by atomic mass is 32.1. The van der Waals surface area contributed by atoms with Crippen LogP contribution in [0.3, 0.4) is 0 Å². The van der Waals surface area contributed by atoms with Crippen molar-refractivity contribution >= 4 is 29.2 Å². The fourth-order valence-corrected chi connectivity index (χ4v) is 1.51. The van der Waals surface area contributed by atoms with Gasteiger partial charge in [-0.15, -0.1) is 16.4 Å². The highest BCUT2D eigenvalue weighted by molar-refractivity contribution is 7.11. The van der Waals surface area contributed by atoms with E-state index in [2.05, 4.69) is 25.1 Å². The van der Waals surface area contributed by atoms with E-state index in [1.807, 2.05) is 17.5 Å². The van der Waals surface area contributed by atoms with Crippen molar-refractivity contribution in [1.29, 1.82) is 0 Å². The lowest BCUT2D eigenvalue weighted by molar-refractivity contribution is 0.308. The van der Waals surface area contributed by atoms with Crippen LogP contribution >= 0.6 is 11.3 Å². The van der Waals surface area contributed by atoms with Crippen LogP contribution in [0.2, 0.25) is 0 Å². The molecule has 0 saturated heterocycles. The van der Waals surface area contributed by atoms with Crippen LogP contribution in [0.25, 0.3) is 0 Å². The first-order valence-corrected chi connectivity index (χ1v) is 5.14. The maximum absolute atomic E-state index is 5.58. The van der Waals surface area contributed by atoms with Crippen molar-refractivity contribution in [3.63, 3.8) is 0 Å². The Labute approximate surface area is 94.4 Å². The average molecular weight is 236 g/mol. The van der Waals surface area contributed by atoms with E-state index in [1.54, 1.807) is 17.6 Å². The lowest BCUT2D eigenvalue weighted by Crippen LogP contribution is -2.15. The molecule has 4 N–H and O–H groups in total. The van der Waals surface area contributed by atoms with Crippen LogP contribution in [0.1, 0.15) is 10.6 Å². The number of hydrogen-bond donors (Lipinski definition) is 2. The Morgan fingerprint density at radius 2 is 2.38 bits per heavy atom. The Bertz CT molecular complexity index is 514. The molecule has 0 fully saturated rings. The Morgan fingerprint density at radius 1 is 1.50 bits per heavy atom. The molecule has 0 aliphatic heterocycles. The minimum atomic E-state index is 0.0616. The van der Waals surface area contributed by atoms with Gasteiger partial charge in [-0.05, 0) is 21.8 Å². The number of nitrogen functional groups attached to an aromatic ring is 1. The number of nitrogens with two attached hydrogens (primary N) is 2. The fourth-order valence-electron chi connectivity index (χ4n) is 0.933. The van der Waals surface area contributed by atoms with Gasteiger partial charge in [-0.3, -0.25) is 0 Å². The zero-order valence-corrected chi connectivity index (χ0v) is 8.89. The summed E-state index contributed by atoms with van der Waals surface area (Å²) in [4.78, 5) is 0.975. The molecule has 82 valence electrons. The van der Waals surface area contributed by atoms with Gasteiger partial charge in [0.2, 0.25) is 0 Å². The lowest BCUT2D eigenvalue weighted by Gasteiger charge is -1.90. The van der Waals surface area contributed by atoms with E-state index in [1.165, 1.54) is 0 Å². The standard InChI is InChI=1S/C8H8N6OS/c9-7(6-8(10)14-15-13-6)12-11-4-5-2-1-3-16-5/h1-4H,(H2,9,12)(H2,10,14)/b11-4-. The molecule has 2 aromatic rings. The number of hydrogen-bond acceptors (Lipinski definition) is 7. The molecule has 2 heterocycles. The zero-order chi connectivity index (χ0) is 11.4. The first-order valence-electron chi connectivity index (χ1n) is 4.26. The monoisotopic (exact) mass is 236 g/mol. The molecule has 0 aliphatic carbocycles. The number of rotatable bonds is 3. The maximum Gasteiger partial charge on any atom is 0.199 e. The molecule has 16 heavy (non-hydrogen) atoms. The summed E-state index contributed by atoms with van der Waals surface area (Å²) in [7, 11) is 0. The first kappa shape index (κ1) is 10.3. The summed E-state index contributed by atoms with van der Waals surface area (Å²) >= 11 is 1.54. The highest BCUT2D eigenvalue weighted by Gasteiger charge is 2.09. The minimum Gasteiger partial charge on any atom is -0.380 e. The van der Waals surface area contributed by atoms with Crippen LogP contribution in [0.5, 0.6) is 0 Å². The molecule has 7 nitrogen and oxygen atoms in total. The predicted octanol–water partition coefficient (Wildman–Crippen LogP) is 0.453. The van der Waals surface area contributed by atoms with E-state index in [0.29, 0.717) is 0 Å². The third-order valence-electron chi connectivity index (χ3n) is 1.65. The molecule has 0 aromatic carbocycles. The van der Waals surface area contributed by atoms with Crippen molar-refractivity contribution in [1.82, 2.24) is 10.3 Å². The summed E-state index contributed by atoms with van der Waals surface area (Å²) in [6.07, 6.45) is 1.58. The summed E-state index contributed by atoms with van der Waals surface area (Å²) in [5, 5.41) is 16.3. The largest absolute Gasteiger partial charge is 0.380 e. The molecular weight excluding hydrogens is 228 g/mol. The summed E-state index contributed by atoms with van der Waals surface area (Å²) in [6, 6.07) is 3.82. The fraction of sp³-hybridized carbons (Fsp3) is 0. The number of amidine groups is 1. The Kier molecular flexibility index (Phi) is 2.92. The van der Waals surface area contributed by atoms with Crippen LogP contribution in [0, 0.1) is 0 Å². The van der Waals surface area contributed by atoms with Crippen LogP contribution < -0.4 is 11.5 Å². The third kappa shape index (κ3) is 2.23. The van der Waals surface area contributed by atoms with Crippen molar-refractivity contribution in [2.75, 3.05) is 5.73 Å². The molecule has 0 amide bonds. The van der Waals surface area contributed by atoms with Crippen LogP contribution in [0.15, 0.2) is 32.3 Å². The van der Waals surface area contributed by atoms with Crippen molar-refractivity contribution in [2.45, 2.75) is 0 Å². The SMILES string of the molecule is N/C(=N\N=C/c1cccs1)c1nonc1N. The molecule has 0 bridgehead atoms. The van der Waals surface area contributed by atoms with Gasteiger partial charge in [-0.25, -0.2) is 4.63 Å². The van der Waals surface area contributed by atoms with Crippen molar-refractivity contribution in [3.8, 4) is 0 Å². The number of thiophene rings is 1. The van der Waals surface area contributed by atoms with E-state index in [9.17, 15) is 0 Å². The molecule has 0 spiro atoms. The van der Waals surface area contributed by atoms with Crippen LogP contribution in [-0.4, -0.2) is 22.4 Å². The quantitative estimate of drug-likeness (QED) is 0.456. The van der Waals surface area contributed by atoms with Gasteiger partial charge in [0, 0.05) is 4.88 Å². The second-order valence-corrected chi connectivity index (χ2v) is 3.72. The number of anilines is 1. The van der Waals surface area contributed by atoms with Crippen molar-refractivity contribution in [2.24, 2.45) is 15.9 Å². The molecule has 2 aromatic heterocycles. The van der Waals surface area contributed by atoms with Gasteiger partial charge >= 0.3 is 0 Å². The van der Waals surface area contributed by atoms with Gasteiger partial charge in [-0.2, -0.15) is 5.10 Å². The molecule has 2 rings (SSSR count). The summed E-state index contributed by atoms with van der Waals surface area (Å²) in [5.74, 6) is 0.152. The van der Waals surface area contributed by atoms with E-state index in [4.69, 9.17) is 11.5 Å². The molecule has 0 saturated carbocycles. The van der Waals surface area contributed by atoms with Crippen molar-refractivity contribution in [3.05, 3.63) is 28.1 Å². The molecule has 0 radical (unpaired) electrons. The zero-order valence-electron chi connectivity index (χ0n) is 8.07. The van der Waals surface area contributed by atoms with E-state index in [-0.39, 0.29) is 17.3 Å². The normalized spacial score (nSPS) is 12.4. The molecular formula is C8H8N6OS. The first-order chi connectivity index (χ1) is 7.77. The van der Waals surface area contributed by atoms with Gasteiger partial charge in [0.05, 0.1) is 6.21 Å². The van der Waals surface area contributed by atoms with Crippen LogP contribution in [0.4, 0.5) is 5.82 Å². The van der Waals surface area contributed by atoms with Gasteiger partial charge in [-0.1, -0.05) is 6.07 Å².